The number of aryl methyl sites for hydroxylation is 1. The molecule has 3 N–H and O–H groups in total. The van der Waals surface area contributed by atoms with Crippen molar-refractivity contribution in [1.29, 1.82) is 0 Å². The molecule has 2 fully saturated rings. The van der Waals surface area contributed by atoms with Crippen LogP contribution in [0.1, 0.15) is 80.3 Å². The van der Waals surface area contributed by atoms with Gasteiger partial charge in [0.25, 0.3) is 11.5 Å². The predicted molar refractivity (Wildman–Crippen MR) is 264 cm³/mol. The van der Waals surface area contributed by atoms with Gasteiger partial charge in [-0.05, 0) is 112 Å². The number of hydrogen-bond donors (Lipinski definition) is 3. The maximum atomic E-state index is 14.7. The van der Waals surface area contributed by atoms with Crippen molar-refractivity contribution in [3.05, 3.63) is 118 Å². The van der Waals surface area contributed by atoms with Crippen molar-refractivity contribution in [2.75, 3.05) is 64.6 Å². The first-order valence-electron chi connectivity index (χ1n) is 23.8. The van der Waals surface area contributed by atoms with Crippen molar-refractivity contribution >= 4 is 46.2 Å². The summed E-state index contributed by atoms with van der Waals surface area (Å²) >= 11 is 0. The molecule has 0 spiro atoms. The Morgan fingerprint density at radius 3 is 2.44 bits per heavy atom. The zero-order valence-electron chi connectivity index (χ0n) is 40.5. The van der Waals surface area contributed by atoms with Crippen LogP contribution in [0.3, 0.4) is 0 Å². The van der Waals surface area contributed by atoms with Gasteiger partial charge < -0.3 is 34.7 Å². The topological polar surface area (TPSA) is 144 Å². The summed E-state index contributed by atoms with van der Waals surface area (Å²) < 4.78 is 59.8. The van der Waals surface area contributed by atoms with Crippen LogP contribution < -0.4 is 30.9 Å². The number of pyridine rings is 1. The SMILES string of the molecule is C=CC(=O)Nc1cc(Nc2nc(-c3ccnc(N4CCn5c(cc6c5CC(C)(C)C6)C4=O)c3CO)cn(C)c2=O)ccc1N1CCN(C2CCN(c3ccc(F)c(C(C)(C)C(F)(F)F)c3)CC2)CC1C. The highest BCUT2D eigenvalue weighted by atomic mass is 19.4. The van der Waals surface area contributed by atoms with Crippen LogP contribution in [-0.4, -0.2) is 98.5 Å². The molecule has 18 heteroatoms. The van der Waals surface area contributed by atoms with Crippen LogP contribution in [0.15, 0.2) is 78.4 Å². The largest absolute Gasteiger partial charge is 0.398 e. The molecule has 4 aliphatic rings. The number of rotatable bonds is 11. The normalized spacial score (nSPS) is 18.8. The minimum absolute atomic E-state index is 0.00152. The number of carbonyl (C=O) groups is 2. The number of amides is 2. The summed E-state index contributed by atoms with van der Waals surface area (Å²) in [5.41, 5.74) is 3.65. The first-order valence-corrected chi connectivity index (χ1v) is 23.8. The maximum Gasteiger partial charge on any atom is 0.398 e. The zero-order valence-corrected chi connectivity index (χ0v) is 40.5. The van der Waals surface area contributed by atoms with Gasteiger partial charge in [-0.25, -0.2) is 14.4 Å². The fraction of sp³-hybridized carbons (Fsp3) is 0.442. The number of aliphatic hydroxyl groups excluding tert-OH is 1. The molecule has 5 aromatic rings. The Labute approximate surface area is 404 Å². The number of anilines is 6. The molecule has 370 valence electrons. The summed E-state index contributed by atoms with van der Waals surface area (Å²) in [5, 5.41) is 17.0. The van der Waals surface area contributed by atoms with Gasteiger partial charge >= 0.3 is 6.18 Å². The first kappa shape index (κ1) is 48.5. The lowest BCUT2D eigenvalue weighted by atomic mass is 9.83. The smallest absolute Gasteiger partial charge is 0.392 e. The molecule has 3 aromatic heterocycles. The van der Waals surface area contributed by atoms with E-state index in [1.807, 2.05) is 23.1 Å². The minimum Gasteiger partial charge on any atom is -0.392 e. The molecule has 2 amide bonds. The molecule has 2 aromatic carbocycles. The molecule has 1 aliphatic carbocycles. The highest BCUT2D eigenvalue weighted by Gasteiger charge is 2.50. The van der Waals surface area contributed by atoms with E-state index in [4.69, 9.17) is 4.98 Å². The van der Waals surface area contributed by atoms with E-state index in [9.17, 15) is 37.1 Å². The van der Waals surface area contributed by atoms with E-state index >= 15 is 0 Å². The number of benzene rings is 2. The first-order chi connectivity index (χ1) is 33.2. The second kappa shape index (κ2) is 18.3. The second-order valence-corrected chi connectivity index (χ2v) is 20.4. The van der Waals surface area contributed by atoms with E-state index in [0.29, 0.717) is 78.1 Å². The minimum atomic E-state index is -4.61. The number of aromatic nitrogens is 4. The number of nitrogens with one attached hydrogen (secondary N) is 2. The molecule has 0 saturated carbocycles. The van der Waals surface area contributed by atoms with Gasteiger partial charge in [0.15, 0.2) is 5.82 Å². The summed E-state index contributed by atoms with van der Waals surface area (Å²) in [6.45, 7) is 16.1. The molecule has 70 heavy (non-hydrogen) atoms. The summed E-state index contributed by atoms with van der Waals surface area (Å²) in [5.74, 6) is -1.15. The van der Waals surface area contributed by atoms with Crippen LogP contribution in [-0.2, 0) is 43.3 Å². The lowest BCUT2D eigenvalue weighted by molar-refractivity contribution is -0.180. The number of piperidine rings is 1. The molecule has 1 unspecified atom stereocenters. The van der Waals surface area contributed by atoms with E-state index in [1.165, 1.54) is 28.0 Å². The number of fused-ring (bicyclic) bond motifs is 3. The molecular weight excluding hydrogens is 905 g/mol. The summed E-state index contributed by atoms with van der Waals surface area (Å²) in [6.07, 6.45) is 3.11. The number of hydrogen-bond acceptors (Lipinski definition) is 10. The van der Waals surface area contributed by atoms with E-state index in [1.54, 1.807) is 42.5 Å². The quantitative estimate of drug-likeness (QED) is 0.0882. The van der Waals surface area contributed by atoms with Crippen molar-refractivity contribution in [3.8, 4) is 11.3 Å². The number of alkyl halides is 3. The van der Waals surface area contributed by atoms with Crippen molar-refractivity contribution < 1.29 is 32.3 Å². The molecular formula is C52H60F4N10O4. The number of piperazine rings is 1. The van der Waals surface area contributed by atoms with Gasteiger partial charge in [0.1, 0.15) is 17.3 Å². The van der Waals surface area contributed by atoms with E-state index < -0.39 is 35.5 Å². The van der Waals surface area contributed by atoms with Gasteiger partial charge in [-0.3, -0.25) is 24.2 Å². The van der Waals surface area contributed by atoms with E-state index in [-0.39, 0.29) is 34.8 Å². The van der Waals surface area contributed by atoms with Crippen LogP contribution in [0.5, 0.6) is 0 Å². The Balaban J connectivity index is 0.906. The van der Waals surface area contributed by atoms with E-state index in [0.717, 1.165) is 64.4 Å². The van der Waals surface area contributed by atoms with Crippen molar-refractivity contribution in [3.63, 3.8) is 0 Å². The Kier molecular flexibility index (Phi) is 12.7. The molecule has 6 heterocycles. The van der Waals surface area contributed by atoms with Crippen molar-refractivity contribution in [2.45, 2.75) is 97.1 Å². The van der Waals surface area contributed by atoms with Crippen LogP contribution in [0.2, 0.25) is 0 Å². The fourth-order valence-electron chi connectivity index (χ4n) is 10.8. The molecule has 0 radical (unpaired) electrons. The van der Waals surface area contributed by atoms with Crippen molar-refractivity contribution in [2.24, 2.45) is 12.5 Å². The summed E-state index contributed by atoms with van der Waals surface area (Å²) in [6, 6.07) is 13.4. The number of aliphatic hydroxyl groups is 1. The number of carbonyl (C=O) groups excluding carboxylic acids is 2. The second-order valence-electron chi connectivity index (χ2n) is 20.4. The summed E-state index contributed by atoms with van der Waals surface area (Å²) in [4.78, 5) is 58.2. The Hall–Kier alpha value is -6.53. The third-order valence-electron chi connectivity index (χ3n) is 14.8. The molecule has 9 rings (SSSR count). The van der Waals surface area contributed by atoms with Gasteiger partial charge in [-0.1, -0.05) is 20.4 Å². The third-order valence-corrected chi connectivity index (χ3v) is 14.8. The lowest BCUT2D eigenvalue weighted by Crippen LogP contribution is -2.57. The van der Waals surface area contributed by atoms with Crippen LogP contribution in [0.25, 0.3) is 11.3 Å². The molecule has 2 saturated heterocycles. The standard InChI is InChI=1S/C52H60F4N10O4/c1-8-45(68)59-40-24-33(9-12-42(40)64-20-19-63(28-31(64)2)34-14-17-62(18-15-34)35-10-11-39(53)38(25-35)51(5,6)52(54,55)56)58-46-49(70)61(7)29-41(60-46)36-13-16-57-47(37(36)30-67)66-22-21-65-43(48(66)69)23-32-26-50(3,4)27-44(32)65/h8-13,16,23-25,29,31,34,67H,1,14-15,17-22,26-28,30H2,2-7H3,(H,58,60)(H,59,68). The highest BCUT2D eigenvalue weighted by Crippen LogP contribution is 2.44. The predicted octanol–water partition coefficient (Wildman–Crippen LogP) is 7.95. The number of halogens is 4. The van der Waals surface area contributed by atoms with Gasteiger partial charge in [0.2, 0.25) is 5.91 Å². The molecule has 3 aliphatic heterocycles. The zero-order chi connectivity index (χ0) is 50.0. The van der Waals surface area contributed by atoms with Crippen molar-refractivity contribution in [1.82, 2.24) is 24.0 Å². The van der Waals surface area contributed by atoms with Crippen LogP contribution >= 0.6 is 0 Å². The molecule has 14 nitrogen and oxygen atoms in total. The monoisotopic (exact) mass is 964 g/mol. The van der Waals surface area contributed by atoms with Gasteiger partial charge in [0.05, 0.1) is 29.1 Å². The van der Waals surface area contributed by atoms with Crippen LogP contribution in [0, 0.1) is 11.2 Å². The Morgan fingerprint density at radius 2 is 1.74 bits per heavy atom. The van der Waals surface area contributed by atoms with Gasteiger partial charge in [0, 0.05) is 111 Å². The average Bonchev–Trinajstić information content (AvgIpc) is 3.82. The lowest BCUT2D eigenvalue weighted by Gasteiger charge is -2.47. The average molecular weight is 965 g/mol. The third kappa shape index (κ3) is 8.95. The van der Waals surface area contributed by atoms with Gasteiger partial charge in [-0.15, -0.1) is 0 Å². The van der Waals surface area contributed by atoms with E-state index in [2.05, 4.69) is 57.3 Å². The van der Waals surface area contributed by atoms with Crippen LogP contribution in [0.4, 0.5) is 51.9 Å². The Morgan fingerprint density at radius 1 is 0.986 bits per heavy atom. The fourth-order valence-corrected chi connectivity index (χ4v) is 10.8. The molecule has 1 atom stereocenters. The Bertz CT molecular complexity index is 2940. The summed E-state index contributed by atoms with van der Waals surface area (Å²) in [7, 11) is 1.61. The number of nitrogens with zero attached hydrogens (tertiary/aromatic N) is 8. The highest BCUT2D eigenvalue weighted by molar-refractivity contribution is 6.06. The molecule has 0 bridgehead atoms. The maximum absolute atomic E-state index is 14.7. The van der Waals surface area contributed by atoms with Gasteiger partial charge in [-0.2, -0.15) is 13.2 Å².